The van der Waals surface area contributed by atoms with Crippen LogP contribution in [0.5, 0.6) is 0 Å². The van der Waals surface area contributed by atoms with Crippen LogP contribution in [0.4, 0.5) is 5.82 Å². The molecule has 2 saturated heterocycles. The van der Waals surface area contributed by atoms with Crippen molar-refractivity contribution >= 4 is 11.5 Å². The zero-order valence-corrected chi connectivity index (χ0v) is 14.9. The first kappa shape index (κ1) is 15.8. The van der Waals surface area contributed by atoms with Crippen LogP contribution in [-0.4, -0.2) is 50.2 Å². The SMILES string of the molecule is c1ccc(CN2CCCC3CN(c4cncc5nncn45)CCC32)cc1. The zero-order chi connectivity index (χ0) is 17.3. The van der Waals surface area contributed by atoms with E-state index in [1.165, 1.54) is 31.4 Å². The third-order valence-corrected chi connectivity index (χ3v) is 5.94. The first-order chi connectivity index (χ1) is 12.9. The van der Waals surface area contributed by atoms with Crippen LogP contribution in [0.25, 0.3) is 5.65 Å². The Bertz CT molecular complexity index is 876. The summed E-state index contributed by atoms with van der Waals surface area (Å²) in [5.74, 6) is 1.83. The third-order valence-electron chi connectivity index (χ3n) is 5.94. The minimum atomic E-state index is 0.688. The fraction of sp³-hybridized carbons (Fsp3) is 0.450. The van der Waals surface area contributed by atoms with Gasteiger partial charge in [-0.2, -0.15) is 0 Å². The lowest BCUT2D eigenvalue weighted by molar-refractivity contribution is 0.0700. The summed E-state index contributed by atoms with van der Waals surface area (Å²) in [6.45, 7) is 4.45. The van der Waals surface area contributed by atoms with E-state index in [9.17, 15) is 0 Å². The van der Waals surface area contributed by atoms with Crippen molar-refractivity contribution in [2.45, 2.75) is 31.8 Å². The van der Waals surface area contributed by atoms with E-state index in [-0.39, 0.29) is 0 Å². The standard InChI is InChI=1S/C20H24N6/c1-2-5-16(6-3-1)13-24-9-4-7-17-14-25(10-8-18(17)24)20-12-21-11-19-23-22-15-26(19)20/h1-3,5-6,11-12,15,17-18H,4,7-10,13-14H2. The molecule has 4 heterocycles. The number of anilines is 1. The van der Waals surface area contributed by atoms with Gasteiger partial charge in [-0.1, -0.05) is 30.3 Å². The van der Waals surface area contributed by atoms with Crippen LogP contribution < -0.4 is 4.90 Å². The van der Waals surface area contributed by atoms with Crippen molar-refractivity contribution in [3.63, 3.8) is 0 Å². The van der Waals surface area contributed by atoms with Crippen LogP contribution in [0.2, 0.25) is 0 Å². The molecule has 2 fully saturated rings. The smallest absolute Gasteiger partial charge is 0.180 e. The highest BCUT2D eigenvalue weighted by atomic mass is 15.3. The summed E-state index contributed by atoms with van der Waals surface area (Å²) in [5, 5.41) is 8.17. The zero-order valence-electron chi connectivity index (χ0n) is 14.9. The van der Waals surface area contributed by atoms with E-state index < -0.39 is 0 Å². The molecule has 2 unspecified atom stereocenters. The number of hydrogen-bond acceptors (Lipinski definition) is 5. The van der Waals surface area contributed by atoms with E-state index in [4.69, 9.17) is 0 Å². The van der Waals surface area contributed by atoms with Gasteiger partial charge in [-0.15, -0.1) is 10.2 Å². The fourth-order valence-electron chi connectivity index (χ4n) is 4.70. The van der Waals surface area contributed by atoms with Gasteiger partial charge in [-0.25, -0.2) is 0 Å². The Kier molecular flexibility index (Phi) is 4.05. The Morgan fingerprint density at radius 3 is 2.88 bits per heavy atom. The Morgan fingerprint density at radius 1 is 1.04 bits per heavy atom. The van der Waals surface area contributed by atoms with Crippen molar-refractivity contribution in [1.29, 1.82) is 0 Å². The van der Waals surface area contributed by atoms with Gasteiger partial charge in [0, 0.05) is 25.7 Å². The summed E-state index contributed by atoms with van der Waals surface area (Å²) in [7, 11) is 0. The molecule has 3 aromatic rings. The van der Waals surface area contributed by atoms with Crippen LogP contribution in [-0.2, 0) is 6.54 Å². The van der Waals surface area contributed by atoms with Crippen molar-refractivity contribution in [3.8, 4) is 0 Å². The summed E-state index contributed by atoms with van der Waals surface area (Å²) in [4.78, 5) is 9.54. The second-order valence-electron chi connectivity index (χ2n) is 7.49. The van der Waals surface area contributed by atoms with E-state index in [0.717, 1.165) is 31.1 Å². The maximum absolute atomic E-state index is 4.36. The Labute approximate surface area is 153 Å². The number of benzene rings is 1. The highest BCUT2D eigenvalue weighted by molar-refractivity contribution is 5.47. The number of aromatic nitrogens is 4. The third kappa shape index (κ3) is 2.84. The average molecular weight is 348 g/mol. The van der Waals surface area contributed by atoms with Crippen LogP contribution >= 0.6 is 0 Å². The number of hydrogen-bond donors (Lipinski definition) is 0. The van der Waals surface area contributed by atoms with Gasteiger partial charge >= 0.3 is 0 Å². The van der Waals surface area contributed by atoms with Gasteiger partial charge in [0.2, 0.25) is 0 Å². The molecule has 0 aliphatic carbocycles. The normalized spacial score (nSPS) is 23.9. The van der Waals surface area contributed by atoms with Gasteiger partial charge in [0.25, 0.3) is 0 Å². The lowest BCUT2D eigenvalue weighted by Crippen LogP contribution is -2.54. The molecule has 1 aromatic carbocycles. The molecule has 0 N–H and O–H groups in total. The quantitative estimate of drug-likeness (QED) is 0.728. The molecule has 2 aliphatic heterocycles. The van der Waals surface area contributed by atoms with E-state index >= 15 is 0 Å². The largest absolute Gasteiger partial charge is 0.356 e. The summed E-state index contributed by atoms with van der Waals surface area (Å²) < 4.78 is 2.05. The molecule has 2 aromatic heterocycles. The molecule has 6 nitrogen and oxygen atoms in total. The van der Waals surface area contributed by atoms with Crippen LogP contribution in [0.1, 0.15) is 24.8 Å². The lowest BCUT2D eigenvalue weighted by atomic mass is 9.83. The topological polar surface area (TPSA) is 49.6 Å². The summed E-state index contributed by atoms with van der Waals surface area (Å²) >= 11 is 0. The van der Waals surface area contributed by atoms with Crippen LogP contribution in [0.15, 0.2) is 49.1 Å². The maximum atomic E-state index is 4.36. The van der Waals surface area contributed by atoms with Crippen molar-refractivity contribution in [1.82, 2.24) is 24.5 Å². The molecule has 2 aliphatic rings. The highest BCUT2D eigenvalue weighted by Gasteiger charge is 2.36. The number of nitrogens with zero attached hydrogens (tertiary/aromatic N) is 6. The molecule has 0 saturated carbocycles. The average Bonchev–Trinajstić information content (AvgIpc) is 3.17. The first-order valence-electron chi connectivity index (χ1n) is 9.55. The number of piperidine rings is 2. The van der Waals surface area contributed by atoms with Crippen molar-refractivity contribution in [2.24, 2.45) is 5.92 Å². The van der Waals surface area contributed by atoms with E-state index in [1.807, 2.05) is 6.20 Å². The maximum Gasteiger partial charge on any atom is 0.180 e. The van der Waals surface area contributed by atoms with Gasteiger partial charge in [-0.3, -0.25) is 14.3 Å². The summed E-state index contributed by atoms with van der Waals surface area (Å²) in [6, 6.07) is 11.6. The summed E-state index contributed by atoms with van der Waals surface area (Å²) in [6.07, 6.45) is 9.32. The van der Waals surface area contributed by atoms with Gasteiger partial charge < -0.3 is 4.90 Å². The second-order valence-corrected chi connectivity index (χ2v) is 7.49. The molecule has 0 bridgehead atoms. The Balaban J connectivity index is 1.34. The Hall–Kier alpha value is -2.47. The molecule has 5 rings (SSSR count). The predicted molar refractivity (Wildman–Crippen MR) is 101 cm³/mol. The van der Waals surface area contributed by atoms with Gasteiger partial charge in [-0.05, 0) is 37.3 Å². The highest BCUT2D eigenvalue weighted by Crippen LogP contribution is 2.33. The molecule has 0 spiro atoms. The van der Waals surface area contributed by atoms with Gasteiger partial charge in [0.1, 0.15) is 12.1 Å². The number of fused-ring (bicyclic) bond motifs is 2. The van der Waals surface area contributed by atoms with E-state index in [0.29, 0.717) is 12.0 Å². The number of likely N-dealkylation sites (tertiary alicyclic amines) is 1. The minimum Gasteiger partial charge on any atom is -0.356 e. The Morgan fingerprint density at radius 2 is 1.96 bits per heavy atom. The second kappa shape index (κ2) is 6.68. The monoisotopic (exact) mass is 348 g/mol. The van der Waals surface area contributed by atoms with Gasteiger partial charge in [0.05, 0.1) is 12.4 Å². The molecule has 134 valence electrons. The molecule has 26 heavy (non-hydrogen) atoms. The molecule has 6 heteroatoms. The van der Waals surface area contributed by atoms with E-state index in [1.54, 1.807) is 12.5 Å². The predicted octanol–water partition coefficient (Wildman–Crippen LogP) is 2.62. The van der Waals surface area contributed by atoms with Crippen molar-refractivity contribution in [2.75, 3.05) is 24.5 Å². The molecular weight excluding hydrogens is 324 g/mol. The number of rotatable bonds is 3. The lowest BCUT2D eigenvalue weighted by Gasteiger charge is -2.47. The fourth-order valence-corrected chi connectivity index (χ4v) is 4.70. The first-order valence-corrected chi connectivity index (χ1v) is 9.55. The van der Waals surface area contributed by atoms with Gasteiger partial charge in [0.15, 0.2) is 5.65 Å². The minimum absolute atomic E-state index is 0.688. The van der Waals surface area contributed by atoms with Crippen molar-refractivity contribution < 1.29 is 0 Å². The molecular formula is C20H24N6. The molecule has 0 amide bonds. The van der Waals surface area contributed by atoms with E-state index in [2.05, 4.69) is 59.7 Å². The van der Waals surface area contributed by atoms with Crippen LogP contribution in [0.3, 0.4) is 0 Å². The molecule has 2 atom stereocenters. The summed E-state index contributed by atoms with van der Waals surface area (Å²) in [5.41, 5.74) is 2.24. The molecule has 0 radical (unpaired) electrons. The van der Waals surface area contributed by atoms with Crippen molar-refractivity contribution in [3.05, 3.63) is 54.6 Å². The van der Waals surface area contributed by atoms with Crippen LogP contribution in [0, 0.1) is 5.92 Å².